The molecule has 1 rings (SSSR count). The van der Waals surface area contributed by atoms with Gasteiger partial charge in [-0.2, -0.15) is 0 Å². The van der Waals surface area contributed by atoms with E-state index in [1.807, 2.05) is 0 Å². The molecule has 1 unspecified atom stereocenters. The lowest BCUT2D eigenvalue weighted by Gasteiger charge is -2.22. The largest absolute Gasteiger partial charge is 0.475 e. The molecule has 0 aliphatic carbocycles. The van der Waals surface area contributed by atoms with E-state index in [1.54, 1.807) is 0 Å². The molecule has 0 bridgehead atoms. The third-order valence-corrected chi connectivity index (χ3v) is 1.79. The number of hydrogen-bond acceptors (Lipinski definition) is 3. The van der Waals surface area contributed by atoms with Gasteiger partial charge in [0.15, 0.2) is 5.90 Å². The second kappa shape index (κ2) is 3.44. The lowest BCUT2D eigenvalue weighted by Crippen LogP contribution is -2.23. The second-order valence-electron chi connectivity index (χ2n) is 4.44. The van der Waals surface area contributed by atoms with Gasteiger partial charge in [0.2, 0.25) is 0 Å². The van der Waals surface area contributed by atoms with E-state index in [4.69, 9.17) is 10.5 Å². The van der Waals surface area contributed by atoms with E-state index in [0.717, 1.165) is 13.0 Å². The highest BCUT2D eigenvalue weighted by Crippen LogP contribution is 2.24. The Bertz CT molecular complexity index is 181. The van der Waals surface area contributed by atoms with Gasteiger partial charge in [-0.25, -0.2) is 0 Å². The molecule has 0 radical (unpaired) electrons. The first kappa shape index (κ1) is 9.52. The SMILES string of the molecule is CC(C)(C)CC1CN=C(CN)O1. The van der Waals surface area contributed by atoms with Crippen LogP contribution in [0, 0.1) is 5.41 Å². The molecule has 0 aromatic heterocycles. The summed E-state index contributed by atoms with van der Waals surface area (Å²) in [6, 6.07) is 0. The summed E-state index contributed by atoms with van der Waals surface area (Å²) in [5.74, 6) is 0.712. The molecule has 70 valence electrons. The number of hydrogen-bond donors (Lipinski definition) is 1. The molecule has 12 heavy (non-hydrogen) atoms. The Labute approximate surface area is 74.0 Å². The summed E-state index contributed by atoms with van der Waals surface area (Å²) in [6.07, 6.45) is 1.29. The van der Waals surface area contributed by atoms with Gasteiger partial charge in [-0.1, -0.05) is 20.8 Å². The molecule has 0 fully saturated rings. The predicted octanol–water partition coefficient (Wildman–Crippen LogP) is 1.18. The molecule has 3 heteroatoms. The third-order valence-electron chi connectivity index (χ3n) is 1.79. The van der Waals surface area contributed by atoms with Crippen LogP contribution in [0.4, 0.5) is 0 Å². The molecular formula is C9H18N2O. The van der Waals surface area contributed by atoms with Crippen molar-refractivity contribution in [2.75, 3.05) is 13.1 Å². The van der Waals surface area contributed by atoms with Crippen molar-refractivity contribution in [1.29, 1.82) is 0 Å². The van der Waals surface area contributed by atoms with Crippen molar-refractivity contribution in [1.82, 2.24) is 0 Å². The zero-order chi connectivity index (χ0) is 9.19. The van der Waals surface area contributed by atoms with E-state index in [-0.39, 0.29) is 6.10 Å². The monoisotopic (exact) mass is 170 g/mol. The zero-order valence-electron chi connectivity index (χ0n) is 8.13. The Hall–Kier alpha value is -0.570. The fourth-order valence-corrected chi connectivity index (χ4v) is 1.37. The highest BCUT2D eigenvalue weighted by atomic mass is 16.5. The minimum absolute atomic E-state index is 0.253. The summed E-state index contributed by atoms with van der Waals surface area (Å²) in [5, 5.41) is 0. The maximum atomic E-state index is 5.51. The number of ether oxygens (including phenoxy) is 1. The standard InChI is InChI=1S/C9H18N2O/c1-9(2,3)4-7-6-11-8(5-10)12-7/h7H,4-6,10H2,1-3H3. The summed E-state index contributed by atoms with van der Waals surface area (Å²) in [5.41, 5.74) is 5.71. The van der Waals surface area contributed by atoms with Crippen LogP contribution in [0.1, 0.15) is 27.2 Å². The smallest absolute Gasteiger partial charge is 0.197 e. The van der Waals surface area contributed by atoms with Crippen LogP contribution in [0.15, 0.2) is 4.99 Å². The minimum Gasteiger partial charge on any atom is -0.475 e. The molecule has 0 amide bonds. The quantitative estimate of drug-likeness (QED) is 0.676. The van der Waals surface area contributed by atoms with Gasteiger partial charge in [0.1, 0.15) is 6.10 Å². The molecule has 0 spiro atoms. The Balaban J connectivity index is 2.32. The van der Waals surface area contributed by atoms with Crippen molar-refractivity contribution < 1.29 is 4.74 Å². The first-order valence-corrected chi connectivity index (χ1v) is 4.41. The molecule has 0 aromatic carbocycles. The van der Waals surface area contributed by atoms with Crippen LogP contribution in [0.2, 0.25) is 0 Å². The van der Waals surface area contributed by atoms with Crippen molar-refractivity contribution in [2.45, 2.75) is 33.3 Å². The fourth-order valence-electron chi connectivity index (χ4n) is 1.37. The average Bonchev–Trinajstić information content (AvgIpc) is 2.32. The van der Waals surface area contributed by atoms with Gasteiger partial charge in [0, 0.05) is 0 Å². The van der Waals surface area contributed by atoms with E-state index in [2.05, 4.69) is 25.8 Å². The van der Waals surface area contributed by atoms with E-state index in [0.29, 0.717) is 17.9 Å². The molecule has 2 N–H and O–H groups in total. The Morgan fingerprint density at radius 2 is 2.25 bits per heavy atom. The Morgan fingerprint density at radius 3 is 2.67 bits per heavy atom. The van der Waals surface area contributed by atoms with Crippen LogP contribution < -0.4 is 5.73 Å². The van der Waals surface area contributed by atoms with E-state index in [9.17, 15) is 0 Å². The molecule has 0 aromatic rings. The van der Waals surface area contributed by atoms with Crippen LogP contribution in [-0.4, -0.2) is 25.1 Å². The van der Waals surface area contributed by atoms with Crippen LogP contribution in [0.25, 0.3) is 0 Å². The van der Waals surface area contributed by atoms with Crippen LogP contribution in [0.5, 0.6) is 0 Å². The van der Waals surface area contributed by atoms with E-state index >= 15 is 0 Å². The summed E-state index contributed by atoms with van der Waals surface area (Å²) in [6.45, 7) is 7.83. The fraction of sp³-hybridized carbons (Fsp3) is 0.889. The number of nitrogens with zero attached hydrogens (tertiary/aromatic N) is 1. The molecular weight excluding hydrogens is 152 g/mol. The van der Waals surface area contributed by atoms with Crippen LogP contribution in [-0.2, 0) is 4.74 Å². The van der Waals surface area contributed by atoms with Gasteiger partial charge >= 0.3 is 0 Å². The predicted molar refractivity (Wildman–Crippen MR) is 50.3 cm³/mol. The molecule has 1 heterocycles. The third kappa shape index (κ3) is 2.81. The van der Waals surface area contributed by atoms with Gasteiger partial charge in [-0.3, -0.25) is 4.99 Å². The second-order valence-corrected chi connectivity index (χ2v) is 4.44. The molecule has 0 saturated heterocycles. The number of aliphatic imine (C=N–C) groups is 1. The van der Waals surface area contributed by atoms with E-state index in [1.165, 1.54) is 0 Å². The van der Waals surface area contributed by atoms with Gasteiger partial charge in [-0.15, -0.1) is 0 Å². The lowest BCUT2D eigenvalue weighted by atomic mass is 9.89. The van der Waals surface area contributed by atoms with Gasteiger partial charge in [0.25, 0.3) is 0 Å². The lowest BCUT2D eigenvalue weighted by molar-refractivity contribution is 0.159. The summed E-state index contributed by atoms with van der Waals surface area (Å²) >= 11 is 0. The topological polar surface area (TPSA) is 47.6 Å². The molecule has 0 saturated carbocycles. The highest BCUT2D eigenvalue weighted by molar-refractivity contribution is 5.79. The van der Waals surface area contributed by atoms with Gasteiger partial charge < -0.3 is 10.5 Å². The van der Waals surface area contributed by atoms with Gasteiger partial charge in [0.05, 0.1) is 13.1 Å². The van der Waals surface area contributed by atoms with E-state index < -0.39 is 0 Å². The maximum absolute atomic E-state index is 5.51. The summed E-state index contributed by atoms with van der Waals surface area (Å²) in [4.78, 5) is 4.19. The Morgan fingerprint density at radius 1 is 1.58 bits per heavy atom. The summed E-state index contributed by atoms with van der Waals surface area (Å²) in [7, 11) is 0. The Kier molecular flexibility index (Phi) is 2.73. The zero-order valence-corrected chi connectivity index (χ0v) is 8.13. The van der Waals surface area contributed by atoms with Crippen molar-refractivity contribution in [2.24, 2.45) is 16.1 Å². The summed E-state index contributed by atoms with van der Waals surface area (Å²) < 4.78 is 5.51. The normalized spacial score (nSPS) is 23.7. The van der Waals surface area contributed by atoms with Crippen molar-refractivity contribution in [3.63, 3.8) is 0 Å². The first-order valence-electron chi connectivity index (χ1n) is 4.41. The average molecular weight is 170 g/mol. The molecule has 3 nitrogen and oxygen atoms in total. The minimum atomic E-state index is 0.253. The number of nitrogens with two attached hydrogens (primary N) is 1. The van der Waals surface area contributed by atoms with Crippen molar-refractivity contribution in [3.8, 4) is 0 Å². The maximum Gasteiger partial charge on any atom is 0.197 e. The molecule has 1 aliphatic heterocycles. The number of rotatable bonds is 2. The van der Waals surface area contributed by atoms with Crippen molar-refractivity contribution in [3.05, 3.63) is 0 Å². The highest BCUT2D eigenvalue weighted by Gasteiger charge is 2.24. The van der Waals surface area contributed by atoms with Crippen LogP contribution in [0.3, 0.4) is 0 Å². The molecule has 1 aliphatic rings. The van der Waals surface area contributed by atoms with Crippen molar-refractivity contribution >= 4 is 5.90 Å². The van der Waals surface area contributed by atoms with Gasteiger partial charge in [-0.05, 0) is 11.8 Å². The van der Waals surface area contributed by atoms with Crippen LogP contribution >= 0.6 is 0 Å². The molecule has 1 atom stereocenters. The first-order chi connectivity index (χ1) is 5.51.